The lowest BCUT2D eigenvalue weighted by atomic mass is 10.1. The monoisotopic (exact) mass is 350 g/mol. The molecule has 2 rings (SSSR count). The molecule has 0 saturated carbocycles. The van der Waals surface area contributed by atoms with E-state index in [1.54, 1.807) is 31.4 Å². The number of amides is 2. The number of rotatable bonds is 7. The molecule has 2 amide bonds. The minimum Gasteiger partial charge on any atom is -0.497 e. The highest BCUT2D eigenvalue weighted by Crippen LogP contribution is 2.18. The second-order valence-corrected chi connectivity index (χ2v) is 5.28. The van der Waals surface area contributed by atoms with E-state index >= 15 is 0 Å². The van der Waals surface area contributed by atoms with Gasteiger partial charge in [0.1, 0.15) is 18.1 Å². The smallest absolute Gasteiger partial charge is 0.319 e. The van der Waals surface area contributed by atoms with Crippen LogP contribution in [0.15, 0.2) is 61.2 Å². The van der Waals surface area contributed by atoms with Crippen LogP contribution in [0.2, 0.25) is 0 Å². The van der Waals surface area contributed by atoms with E-state index in [0.29, 0.717) is 5.69 Å². The molecule has 0 unspecified atom stereocenters. The lowest BCUT2D eigenvalue weighted by Gasteiger charge is -2.07. The van der Waals surface area contributed by atoms with Crippen molar-refractivity contribution in [2.24, 2.45) is 0 Å². The molecular formula is C21H22N2O3. The summed E-state index contributed by atoms with van der Waals surface area (Å²) < 4.78 is 10.7. The summed E-state index contributed by atoms with van der Waals surface area (Å²) in [4.78, 5) is 11.8. The van der Waals surface area contributed by atoms with Crippen molar-refractivity contribution in [1.29, 1.82) is 0 Å². The van der Waals surface area contributed by atoms with Gasteiger partial charge in [0.25, 0.3) is 0 Å². The average Bonchev–Trinajstić information content (AvgIpc) is 2.66. The molecule has 2 aromatic carbocycles. The van der Waals surface area contributed by atoms with E-state index < -0.39 is 0 Å². The summed E-state index contributed by atoms with van der Waals surface area (Å²) in [6, 6.07) is 14.5. The Hall–Kier alpha value is -3.39. The Morgan fingerprint density at radius 2 is 1.92 bits per heavy atom. The van der Waals surface area contributed by atoms with Crippen LogP contribution in [0.3, 0.4) is 0 Å². The number of benzene rings is 2. The van der Waals surface area contributed by atoms with Crippen molar-refractivity contribution in [3.05, 3.63) is 66.7 Å². The fourth-order valence-corrected chi connectivity index (χ4v) is 2.17. The molecular weight excluding hydrogens is 328 g/mol. The predicted octanol–water partition coefficient (Wildman–Crippen LogP) is 3.63. The van der Waals surface area contributed by atoms with Gasteiger partial charge in [-0.1, -0.05) is 36.1 Å². The number of carbonyl (C=O) groups excluding carboxylic acids is 1. The van der Waals surface area contributed by atoms with E-state index in [-0.39, 0.29) is 19.2 Å². The van der Waals surface area contributed by atoms with Crippen molar-refractivity contribution < 1.29 is 14.3 Å². The maximum absolute atomic E-state index is 11.8. The number of nitrogens with one attached hydrogen (secondary N) is 2. The molecule has 0 atom stereocenters. The van der Waals surface area contributed by atoms with Crippen molar-refractivity contribution in [3.8, 4) is 23.3 Å². The van der Waals surface area contributed by atoms with Gasteiger partial charge in [0.15, 0.2) is 0 Å². The Morgan fingerprint density at radius 1 is 1.15 bits per heavy atom. The summed E-state index contributed by atoms with van der Waals surface area (Å²) in [5.74, 6) is 7.27. The van der Waals surface area contributed by atoms with Crippen LogP contribution in [0.1, 0.15) is 5.56 Å². The fourth-order valence-electron chi connectivity index (χ4n) is 2.17. The predicted molar refractivity (Wildman–Crippen MR) is 104 cm³/mol. The third-order valence-electron chi connectivity index (χ3n) is 3.45. The van der Waals surface area contributed by atoms with Crippen molar-refractivity contribution in [2.75, 3.05) is 25.6 Å². The number of hydrogen-bond donors (Lipinski definition) is 2. The summed E-state index contributed by atoms with van der Waals surface area (Å²) in [5, 5.41) is 5.38. The molecule has 2 aromatic rings. The first kappa shape index (κ1) is 18.9. The van der Waals surface area contributed by atoms with Gasteiger partial charge >= 0.3 is 6.03 Å². The second kappa shape index (κ2) is 10.5. The van der Waals surface area contributed by atoms with E-state index in [9.17, 15) is 4.79 Å². The Balaban J connectivity index is 1.71. The summed E-state index contributed by atoms with van der Waals surface area (Å²) in [7, 11) is 1.59. The van der Waals surface area contributed by atoms with E-state index in [2.05, 4.69) is 29.1 Å². The van der Waals surface area contributed by atoms with Gasteiger partial charge in [-0.3, -0.25) is 0 Å². The number of ether oxygens (including phenoxy) is 2. The van der Waals surface area contributed by atoms with Crippen LogP contribution in [0.25, 0.3) is 0 Å². The molecule has 0 aromatic heterocycles. The Labute approximate surface area is 154 Å². The molecule has 0 heterocycles. The van der Waals surface area contributed by atoms with E-state index in [0.717, 1.165) is 23.5 Å². The highest BCUT2D eigenvalue weighted by Gasteiger charge is 2.01. The molecule has 0 aliphatic carbocycles. The number of para-hydroxylation sites is 1. The number of anilines is 1. The highest BCUT2D eigenvalue weighted by atomic mass is 16.5. The maximum atomic E-state index is 11.8. The molecule has 0 aliphatic heterocycles. The van der Waals surface area contributed by atoms with Gasteiger partial charge < -0.3 is 20.1 Å². The first-order valence-electron chi connectivity index (χ1n) is 8.19. The topological polar surface area (TPSA) is 59.6 Å². The number of methoxy groups -OCH3 is 1. The van der Waals surface area contributed by atoms with E-state index in [4.69, 9.17) is 9.47 Å². The molecule has 0 bridgehead atoms. The molecule has 0 fully saturated rings. The first-order valence-corrected chi connectivity index (χ1v) is 8.19. The standard InChI is InChI=1S/C21H22N2O3/c1-3-8-17-9-4-5-10-20(17)26-16-7-6-15-22-21(24)23-18-11-13-19(25-2)14-12-18/h3-5,9-14H,1,8,15-16H2,2H3,(H2,22,23,24). The number of urea groups is 1. The zero-order valence-electron chi connectivity index (χ0n) is 14.7. The number of allylic oxidation sites excluding steroid dienone is 1. The summed E-state index contributed by atoms with van der Waals surface area (Å²) in [5.41, 5.74) is 1.75. The van der Waals surface area contributed by atoms with Gasteiger partial charge in [0.2, 0.25) is 0 Å². The molecule has 0 saturated heterocycles. The third kappa shape index (κ3) is 6.25. The largest absolute Gasteiger partial charge is 0.497 e. The molecule has 0 aliphatic rings. The van der Waals surface area contributed by atoms with Crippen LogP contribution in [-0.2, 0) is 6.42 Å². The Kier molecular flexibility index (Phi) is 7.63. The summed E-state index contributed by atoms with van der Waals surface area (Å²) in [6.45, 7) is 4.23. The summed E-state index contributed by atoms with van der Waals surface area (Å²) in [6.07, 6.45) is 2.58. The fraction of sp³-hybridized carbons (Fsp3) is 0.190. The SMILES string of the molecule is C=CCc1ccccc1OCC#CCNC(=O)Nc1ccc(OC)cc1. The second-order valence-electron chi connectivity index (χ2n) is 5.28. The molecule has 5 nitrogen and oxygen atoms in total. The third-order valence-corrected chi connectivity index (χ3v) is 3.45. The first-order chi connectivity index (χ1) is 12.7. The molecule has 134 valence electrons. The highest BCUT2D eigenvalue weighted by molar-refractivity contribution is 5.89. The van der Waals surface area contributed by atoms with Gasteiger partial charge in [-0.2, -0.15) is 0 Å². The van der Waals surface area contributed by atoms with Crippen LogP contribution in [0, 0.1) is 11.8 Å². The lowest BCUT2D eigenvalue weighted by molar-refractivity contribution is 0.253. The van der Waals surface area contributed by atoms with Crippen LogP contribution >= 0.6 is 0 Å². The molecule has 26 heavy (non-hydrogen) atoms. The molecule has 2 N–H and O–H groups in total. The molecule has 0 radical (unpaired) electrons. The van der Waals surface area contributed by atoms with Crippen molar-refractivity contribution in [3.63, 3.8) is 0 Å². The van der Waals surface area contributed by atoms with Crippen LogP contribution in [0.4, 0.5) is 10.5 Å². The van der Waals surface area contributed by atoms with Crippen LogP contribution in [0.5, 0.6) is 11.5 Å². The van der Waals surface area contributed by atoms with E-state index in [1.165, 1.54) is 0 Å². The van der Waals surface area contributed by atoms with Crippen molar-refractivity contribution in [2.45, 2.75) is 6.42 Å². The van der Waals surface area contributed by atoms with Gasteiger partial charge in [0, 0.05) is 5.69 Å². The Morgan fingerprint density at radius 3 is 2.65 bits per heavy atom. The van der Waals surface area contributed by atoms with Gasteiger partial charge in [-0.05, 0) is 42.3 Å². The van der Waals surface area contributed by atoms with Crippen molar-refractivity contribution in [1.82, 2.24) is 5.32 Å². The maximum Gasteiger partial charge on any atom is 0.319 e. The minimum atomic E-state index is -0.318. The van der Waals surface area contributed by atoms with Crippen LogP contribution < -0.4 is 20.1 Å². The lowest BCUT2D eigenvalue weighted by Crippen LogP contribution is -2.28. The van der Waals surface area contributed by atoms with Gasteiger partial charge in [-0.15, -0.1) is 6.58 Å². The Bertz CT molecular complexity index is 789. The summed E-state index contributed by atoms with van der Waals surface area (Å²) >= 11 is 0. The van der Waals surface area contributed by atoms with E-state index in [1.807, 2.05) is 30.3 Å². The van der Waals surface area contributed by atoms with Crippen molar-refractivity contribution >= 4 is 11.7 Å². The number of hydrogen-bond acceptors (Lipinski definition) is 3. The normalized spacial score (nSPS) is 9.42. The zero-order chi connectivity index (χ0) is 18.6. The van der Waals surface area contributed by atoms with Crippen LogP contribution in [-0.4, -0.2) is 26.3 Å². The average molecular weight is 350 g/mol. The minimum absolute atomic E-state index is 0.236. The zero-order valence-corrected chi connectivity index (χ0v) is 14.7. The quantitative estimate of drug-likeness (QED) is 0.592. The number of carbonyl (C=O) groups is 1. The molecule has 5 heteroatoms. The van der Waals surface area contributed by atoms with Gasteiger partial charge in [0.05, 0.1) is 13.7 Å². The van der Waals surface area contributed by atoms with Gasteiger partial charge in [-0.25, -0.2) is 4.79 Å². The molecule has 0 spiro atoms.